The Morgan fingerprint density at radius 3 is 2.70 bits per heavy atom. The number of benzene rings is 1. The van der Waals surface area contributed by atoms with Gasteiger partial charge in [0.2, 0.25) is 0 Å². The van der Waals surface area contributed by atoms with Gasteiger partial charge in [0.25, 0.3) is 0 Å². The lowest BCUT2D eigenvalue weighted by atomic mass is 9.93. The number of fused-ring (bicyclic) bond motifs is 2. The van der Waals surface area contributed by atoms with Crippen LogP contribution in [0.25, 0.3) is 0 Å². The van der Waals surface area contributed by atoms with E-state index in [1.54, 1.807) is 18.2 Å². The monoisotopic (exact) mass is 352 g/mol. The van der Waals surface area contributed by atoms with Crippen LogP contribution in [0.15, 0.2) is 30.4 Å². The third kappa shape index (κ3) is 3.84. The highest BCUT2D eigenvalue weighted by Gasteiger charge is 2.36. The Balaban J connectivity index is 1.64. The lowest BCUT2D eigenvalue weighted by Crippen LogP contribution is -2.39. The smallest absolute Gasteiger partial charge is 0.321 e. The van der Waals surface area contributed by atoms with Crippen LogP contribution in [0, 0.1) is 17.8 Å². The number of nitrogens with one attached hydrogen (secondary N) is 1. The molecule has 2 aliphatic rings. The fourth-order valence-electron chi connectivity index (χ4n) is 3.71. The number of rotatable bonds is 5. The van der Waals surface area contributed by atoms with Crippen molar-refractivity contribution >= 4 is 34.9 Å². The number of anilines is 1. The van der Waals surface area contributed by atoms with Crippen molar-refractivity contribution in [3.63, 3.8) is 0 Å². The number of carbonyl (C=O) groups excluding carboxylic acids is 1. The lowest BCUT2D eigenvalue weighted by molar-refractivity contribution is 0.195. The van der Waals surface area contributed by atoms with Crippen LogP contribution in [-0.4, -0.2) is 24.0 Å². The Labute approximate surface area is 147 Å². The summed E-state index contributed by atoms with van der Waals surface area (Å²) in [5, 5.41) is 3.88. The number of nitrogens with zero attached hydrogens (tertiary/aromatic N) is 1. The van der Waals surface area contributed by atoms with Crippen LogP contribution in [0.2, 0.25) is 10.0 Å². The molecule has 0 radical (unpaired) electrons. The summed E-state index contributed by atoms with van der Waals surface area (Å²) in [5.41, 5.74) is 0.679. The van der Waals surface area contributed by atoms with Gasteiger partial charge in [-0.3, -0.25) is 0 Å². The summed E-state index contributed by atoms with van der Waals surface area (Å²) in [7, 11) is 0. The van der Waals surface area contributed by atoms with E-state index in [1.807, 2.05) is 4.90 Å². The molecule has 3 rings (SSSR count). The SMILES string of the molecule is CCCN(CC1CC2C=CC1C2)C(=O)Nc1ccc(Cl)c(Cl)c1. The Bertz CT molecular complexity index is 617. The van der Waals surface area contributed by atoms with Gasteiger partial charge < -0.3 is 10.2 Å². The zero-order chi connectivity index (χ0) is 16.4. The van der Waals surface area contributed by atoms with Crippen LogP contribution < -0.4 is 5.32 Å². The molecule has 3 unspecified atom stereocenters. The summed E-state index contributed by atoms with van der Waals surface area (Å²) in [4.78, 5) is 14.5. The zero-order valence-corrected chi connectivity index (χ0v) is 14.8. The summed E-state index contributed by atoms with van der Waals surface area (Å²) in [6, 6.07) is 5.10. The van der Waals surface area contributed by atoms with Crippen molar-refractivity contribution in [2.45, 2.75) is 26.2 Å². The molecule has 1 aromatic carbocycles. The van der Waals surface area contributed by atoms with Gasteiger partial charge >= 0.3 is 6.03 Å². The predicted octanol–water partition coefficient (Wildman–Crippen LogP) is 5.45. The number of hydrogen-bond donors (Lipinski definition) is 1. The van der Waals surface area contributed by atoms with E-state index in [2.05, 4.69) is 24.4 Å². The van der Waals surface area contributed by atoms with Crippen LogP contribution >= 0.6 is 23.2 Å². The molecule has 23 heavy (non-hydrogen) atoms. The number of urea groups is 1. The van der Waals surface area contributed by atoms with Gasteiger partial charge in [0.05, 0.1) is 10.0 Å². The highest BCUT2D eigenvalue weighted by atomic mass is 35.5. The quantitative estimate of drug-likeness (QED) is 0.702. The van der Waals surface area contributed by atoms with E-state index in [0.717, 1.165) is 25.4 Å². The lowest BCUT2D eigenvalue weighted by Gasteiger charge is -2.28. The molecule has 2 amide bonds. The van der Waals surface area contributed by atoms with Gasteiger partial charge in [0.1, 0.15) is 0 Å². The fourth-order valence-corrected chi connectivity index (χ4v) is 4.01. The first-order chi connectivity index (χ1) is 11.1. The summed E-state index contributed by atoms with van der Waals surface area (Å²) >= 11 is 11.9. The van der Waals surface area contributed by atoms with Crippen LogP contribution in [0.3, 0.4) is 0 Å². The average Bonchev–Trinajstić information content (AvgIpc) is 3.13. The second-order valence-electron chi connectivity index (χ2n) is 6.55. The van der Waals surface area contributed by atoms with E-state index < -0.39 is 0 Å². The molecule has 1 fully saturated rings. The van der Waals surface area contributed by atoms with Gasteiger partial charge in [-0.25, -0.2) is 4.79 Å². The topological polar surface area (TPSA) is 32.3 Å². The standard InChI is InChI=1S/C18H22Cl2N2O/c1-2-7-22(11-14-9-12-3-4-13(14)8-12)18(23)21-15-5-6-16(19)17(20)10-15/h3-6,10,12-14H,2,7-9,11H2,1H3,(H,21,23). The molecule has 3 atom stereocenters. The van der Waals surface area contributed by atoms with Crippen molar-refractivity contribution in [1.29, 1.82) is 0 Å². The van der Waals surface area contributed by atoms with Gasteiger partial charge in [-0.15, -0.1) is 0 Å². The highest BCUT2D eigenvalue weighted by Crippen LogP contribution is 2.43. The van der Waals surface area contributed by atoms with Crippen molar-refractivity contribution in [2.24, 2.45) is 17.8 Å². The Kier molecular flexibility index (Phi) is 5.17. The summed E-state index contributed by atoms with van der Waals surface area (Å²) in [5.74, 6) is 1.97. The first-order valence-electron chi connectivity index (χ1n) is 8.26. The second-order valence-corrected chi connectivity index (χ2v) is 7.36. The van der Waals surface area contributed by atoms with Gasteiger partial charge in [-0.05, 0) is 55.2 Å². The van der Waals surface area contributed by atoms with Crippen LogP contribution in [0.4, 0.5) is 10.5 Å². The van der Waals surface area contributed by atoms with E-state index in [0.29, 0.717) is 27.6 Å². The molecule has 3 nitrogen and oxygen atoms in total. The van der Waals surface area contributed by atoms with Crippen molar-refractivity contribution in [3.8, 4) is 0 Å². The minimum absolute atomic E-state index is 0.0583. The van der Waals surface area contributed by atoms with Crippen molar-refractivity contribution < 1.29 is 4.79 Å². The molecule has 0 spiro atoms. The largest absolute Gasteiger partial charge is 0.324 e. The number of carbonyl (C=O) groups is 1. The van der Waals surface area contributed by atoms with Gasteiger partial charge in [0.15, 0.2) is 0 Å². The molecule has 2 aliphatic carbocycles. The molecular weight excluding hydrogens is 331 g/mol. The zero-order valence-electron chi connectivity index (χ0n) is 13.3. The summed E-state index contributed by atoms with van der Waals surface area (Å²) in [6.45, 7) is 3.69. The minimum Gasteiger partial charge on any atom is -0.324 e. The number of halogens is 2. The van der Waals surface area contributed by atoms with Crippen molar-refractivity contribution in [1.82, 2.24) is 4.90 Å². The van der Waals surface area contributed by atoms with Crippen molar-refractivity contribution in [3.05, 3.63) is 40.4 Å². The molecule has 2 bridgehead atoms. The Hall–Kier alpha value is -1.19. The van der Waals surface area contributed by atoms with E-state index in [9.17, 15) is 4.79 Å². The Morgan fingerprint density at radius 1 is 1.26 bits per heavy atom. The summed E-state index contributed by atoms with van der Waals surface area (Å²) < 4.78 is 0. The molecule has 1 N–H and O–H groups in total. The first-order valence-corrected chi connectivity index (χ1v) is 9.01. The second kappa shape index (κ2) is 7.14. The average molecular weight is 353 g/mol. The number of amides is 2. The number of allylic oxidation sites excluding steroid dienone is 2. The molecule has 0 aliphatic heterocycles. The van der Waals surface area contributed by atoms with E-state index >= 15 is 0 Å². The Morgan fingerprint density at radius 2 is 2.09 bits per heavy atom. The van der Waals surface area contributed by atoms with Gasteiger partial charge in [0, 0.05) is 18.8 Å². The molecule has 1 aromatic rings. The third-order valence-corrected chi connectivity index (χ3v) is 5.56. The molecule has 124 valence electrons. The molecule has 0 heterocycles. The van der Waals surface area contributed by atoms with Crippen LogP contribution in [-0.2, 0) is 0 Å². The maximum Gasteiger partial charge on any atom is 0.321 e. The number of hydrogen-bond acceptors (Lipinski definition) is 1. The normalized spacial score (nSPS) is 24.9. The van der Waals surface area contributed by atoms with E-state index in [4.69, 9.17) is 23.2 Å². The fraction of sp³-hybridized carbons (Fsp3) is 0.500. The maximum atomic E-state index is 12.6. The third-order valence-electron chi connectivity index (χ3n) is 4.82. The van der Waals surface area contributed by atoms with E-state index in [-0.39, 0.29) is 6.03 Å². The van der Waals surface area contributed by atoms with Crippen LogP contribution in [0.1, 0.15) is 26.2 Å². The summed E-state index contributed by atoms with van der Waals surface area (Å²) in [6.07, 6.45) is 8.09. The molecule has 0 saturated heterocycles. The molecule has 1 saturated carbocycles. The van der Waals surface area contributed by atoms with Crippen molar-refractivity contribution in [2.75, 3.05) is 18.4 Å². The minimum atomic E-state index is -0.0583. The molecule has 0 aromatic heterocycles. The van der Waals surface area contributed by atoms with Gasteiger partial charge in [-0.2, -0.15) is 0 Å². The first kappa shape index (κ1) is 16.7. The van der Waals surface area contributed by atoms with E-state index in [1.165, 1.54) is 12.8 Å². The maximum absolute atomic E-state index is 12.6. The molecular formula is C18H22Cl2N2O. The molecule has 5 heteroatoms. The van der Waals surface area contributed by atoms with Gasteiger partial charge in [-0.1, -0.05) is 42.3 Å². The van der Waals surface area contributed by atoms with Crippen LogP contribution in [0.5, 0.6) is 0 Å². The highest BCUT2D eigenvalue weighted by molar-refractivity contribution is 6.42. The predicted molar refractivity (Wildman–Crippen MR) is 96.2 cm³/mol.